The zero-order chi connectivity index (χ0) is 23.6. The summed E-state index contributed by atoms with van der Waals surface area (Å²) in [6, 6.07) is 6.97. The van der Waals surface area contributed by atoms with Crippen molar-refractivity contribution < 1.29 is 19.1 Å². The van der Waals surface area contributed by atoms with E-state index < -0.39 is 23.1 Å². The average molecular weight is 443 g/mol. The van der Waals surface area contributed by atoms with Crippen LogP contribution in [-0.2, 0) is 9.47 Å². The summed E-state index contributed by atoms with van der Waals surface area (Å²) >= 11 is 0. The fraction of sp³-hybridized carbons (Fsp3) is 0.714. The summed E-state index contributed by atoms with van der Waals surface area (Å²) in [6.45, 7) is 12.8. The second-order valence-electron chi connectivity index (χ2n) is 11.9. The standard InChI is InChI=1S/C28H42O4/c1-25(2,3)27(17-11-7-12-18-27)31-23(29)21-15-9-10-16-22(21)24(30)32-28(26(4,5)6)19-13-8-14-20-28/h9-10,15-16H,7-8,11-14,17-20H2,1-6H3. The molecule has 1 aromatic carbocycles. The fourth-order valence-corrected chi connectivity index (χ4v) is 5.56. The first-order valence-corrected chi connectivity index (χ1v) is 12.5. The van der Waals surface area contributed by atoms with Crippen LogP contribution in [0.4, 0.5) is 0 Å². The van der Waals surface area contributed by atoms with Crippen LogP contribution < -0.4 is 0 Å². The van der Waals surface area contributed by atoms with Gasteiger partial charge >= 0.3 is 11.9 Å². The average Bonchev–Trinajstić information content (AvgIpc) is 2.73. The molecule has 0 aromatic heterocycles. The molecule has 0 heterocycles. The van der Waals surface area contributed by atoms with Crippen LogP contribution in [-0.4, -0.2) is 23.1 Å². The van der Waals surface area contributed by atoms with Crippen LogP contribution in [0.3, 0.4) is 0 Å². The zero-order valence-electron chi connectivity index (χ0n) is 21.0. The molecule has 0 bridgehead atoms. The smallest absolute Gasteiger partial charge is 0.339 e. The highest BCUT2D eigenvalue weighted by Crippen LogP contribution is 2.47. The molecule has 0 atom stereocenters. The van der Waals surface area contributed by atoms with E-state index in [1.54, 1.807) is 24.3 Å². The van der Waals surface area contributed by atoms with Crippen LogP contribution in [0, 0.1) is 10.8 Å². The van der Waals surface area contributed by atoms with Gasteiger partial charge in [-0.15, -0.1) is 0 Å². The van der Waals surface area contributed by atoms with E-state index in [-0.39, 0.29) is 10.8 Å². The van der Waals surface area contributed by atoms with Crippen molar-refractivity contribution in [3.8, 4) is 0 Å². The van der Waals surface area contributed by atoms with Crippen LogP contribution in [0.1, 0.15) is 126 Å². The molecule has 0 spiro atoms. The molecule has 178 valence electrons. The Hall–Kier alpha value is -1.84. The largest absolute Gasteiger partial charge is 0.455 e. The minimum atomic E-state index is -0.505. The molecule has 2 aliphatic carbocycles. The molecular formula is C28H42O4. The van der Waals surface area contributed by atoms with E-state index in [0.29, 0.717) is 11.1 Å². The molecular weight excluding hydrogens is 400 g/mol. The molecule has 3 rings (SSSR count). The highest BCUT2D eigenvalue weighted by Gasteiger charge is 2.48. The lowest BCUT2D eigenvalue weighted by Gasteiger charge is -2.47. The van der Waals surface area contributed by atoms with E-state index in [1.807, 2.05) is 0 Å². The van der Waals surface area contributed by atoms with Crippen LogP contribution in [0.2, 0.25) is 0 Å². The first kappa shape index (κ1) is 24.8. The first-order chi connectivity index (χ1) is 14.9. The SMILES string of the molecule is CC(C)(C)C1(OC(=O)c2ccccc2C(=O)OC2(C(C)(C)C)CCCCC2)CCCCC1. The topological polar surface area (TPSA) is 52.6 Å². The molecule has 32 heavy (non-hydrogen) atoms. The minimum Gasteiger partial charge on any atom is -0.455 e. The van der Waals surface area contributed by atoms with E-state index in [9.17, 15) is 9.59 Å². The molecule has 0 aliphatic heterocycles. The summed E-state index contributed by atoms with van der Waals surface area (Å²) in [5.41, 5.74) is -0.725. The number of ether oxygens (including phenoxy) is 2. The van der Waals surface area contributed by atoms with Crippen LogP contribution in [0.25, 0.3) is 0 Å². The van der Waals surface area contributed by atoms with Gasteiger partial charge in [0.05, 0.1) is 11.1 Å². The quantitative estimate of drug-likeness (QED) is 0.453. The van der Waals surface area contributed by atoms with Gasteiger partial charge in [-0.1, -0.05) is 66.5 Å². The lowest BCUT2D eigenvalue weighted by atomic mass is 9.68. The molecule has 0 saturated heterocycles. The van der Waals surface area contributed by atoms with Crippen molar-refractivity contribution in [2.75, 3.05) is 0 Å². The first-order valence-electron chi connectivity index (χ1n) is 12.5. The highest BCUT2D eigenvalue weighted by atomic mass is 16.6. The van der Waals surface area contributed by atoms with E-state index in [0.717, 1.165) is 51.4 Å². The molecule has 0 unspecified atom stereocenters. The number of rotatable bonds is 4. The molecule has 0 N–H and O–H groups in total. The van der Waals surface area contributed by atoms with E-state index >= 15 is 0 Å². The third-order valence-electron chi connectivity index (χ3n) is 8.00. The number of carbonyl (C=O) groups excluding carboxylic acids is 2. The Morgan fingerprint density at radius 2 is 0.938 bits per heavy atom. The van der Waals surface area contributed by atoms with Crippen molar-refractivity contribution >= 4 is 11.9 Å². The van der Waals surface area contributed by atoms with Gasteiger partial charge in [-0.2, -0.15) is 0 Å². The van der Waals surface area contributed by atoms with Crippen molar-refractivity contribution in [2.24, 2.45) is 10.8 Å². The fourth-order valence-electron chi connectivity index (χ4n) is 5.56. The second kappa shape index (κ2) is 9.19. The Bertz CT molecular complexity index is 744. The van der Waals surface area contributed by atoms with E-state index in [2.05, 4.69) is 41.5 Å². The monoisotopic (exact) mass is 442 g/mol. The van der Waals surface area contributed by atoms with Crippen LogP contribution >= 0.6 is 0 Å². The predicted molar refractivity (Wildman–Crippen MR) is 128 cm³/mol. The molecule has 0 amide bonds. The van der Waals surface area contributed by atoms with Gasteiger partial charge < -0.3 is 9.47 Å². The Labute approximate surface area is 194 Å². The normalized spacial score (nSPS) is 20.9. The summed E-state index contributed by atoms with van der Waals surface area (Å²) in [7, 11) is 0. The third-order valence-corrected chi connectivity index (χ3v) is 8.00. The minimum absolute atomic E-state index is 0.170. The van der Waals surface area contributed by atoms with Gasteiger partial charge in [-0.05, 0) is 63.5 Å². The van der Waals surface area contributed by atoms with E-state index in [1.165, 1.54) is 12.8 Å². The van der Waals surface area contributed by atoms with Crippen molar-refractivity contribution in [2.45, 2.75) is 117 Å². The van der Waals surface area contributed by atoms with Crippen molar-refractivity contribution in [1.29, 1.82) is 0 Å². The number of hydrogen-bond donors (Lipinski definition) is 0. The van der Waals surface area contributed by atoms with Gasteiger partial charge in [0.2, 0.25) is 0 Å². The van der Waals surface area contributed by atoms with E-state index in [4.69, 9.17) is 9.47 Å². The number of hydrogen-bond acceptors (Lipinski definition) is 4. The van der Waals surface area contributed by atoms with Crippen molar-refractivity contribution in [1.82, 2.24) is 0 Å². The lowest BCUT2D eigenvalue weighted by Crippen LogP contribution is -2.49. The maximum atomic E-state index is 13.4. The summed E-state index contributed by atoms with van der Waals surface area (Å²) < 4.78 is 12.5. The Morgan fingerprint density at radius 1 is 0.625 bits per heavy atom. The molecule has 2 fully saturated rings. The van der Waals surface area contributed by atoms with Gasteiger partial charge in [0, 0.05) is 10.8 Å². The summed E-state index contributed by atoms with van der Waals surface area (Å²) in [6.07, 6.45) is 10.0. The van der Waals surface area contributed by atoms with Gasteiger partial charge in [-0.3, -0.25) is 0 Å². The van der Waals surface area contributed by atoms with Gasteiger partial charge in [0.25, 0.3) is 0 Å². The molecule has 0 radical (unpaired) electrons. The van der Waals surface area contributed by atoms with Crippen LogP contribution in [0.5, 0.6) is 0 Å². The molecule has 4 nitrogen and oxygen atoms in total. The van der Waals surface area contributed by atoms with Gasteiger partial charge in [0.15, 0.2) is 0 Å². The number of benzene rings is 1. The second-order valence-corrected chi connectivity index (χ2v) is 11.9. The Morgan fingerprint density at radius 3 is 1.22 bits per heavy atom. The summed E-state index contributed by atoms with van der Waals surface area (Å²) in [5.74, 6) is -0.828. The molecule has 2 saturated carbocycles. The number of carbonyl (C=O) groups is 2. The zero-order valence-corrected chi connectivity index (χ0v) is 21.0. The molecule has 4 heteroatoms. The summed E-state index contributed by atoms with van der Waals surface area (Å²) in [5, 5.41) is 0. The number of esters is 2. The van der Waals surface area contributed by atoms with Gasteiger partial charge in [-0.25, -0.2) is 9.59 Å². The Kier molecular flexibility index (Phi) is 7.12. The predicted octanol–water partition coefficient (Wildman–Crippen LogP) is 7.50. The molecule has 1 aromatic rings. The third kappa shape index (κ3) is 4.89. The van der Waals surface area contributed by atoms with Crippen molar-refractivity contribution in [3.63, 3.8) is 0 Å². The molecule has 2 aliphatic rings. The van der Waals surface area contributed by atoms with Gasteiger partial charge in [0.1, 0.15) is 11.2 Å². The lowest BCUT2D eigenvalue weighted by molar-refractivity contribution is -0.103. The summed E-state index contributed by atoms with van der Waals surface area (Å²) in [4.78, 5) is 26.9. The maximum absolute atomic E-state index is 13.4. The van der Waals surface area contributed by atoms with Crippen LogP contribution in [0.15, 0.2) is 24.3 Å². The van der Waals surface area contributed by atoms with Crippen molar-refractivity contribution in [3.05, 3.63) is 35.4 Å². The Balaban J connectivity index is 1.88. The highest BCUT2D eigenvalue weighted by molar-refractivity contribution is 6.03. The maximum Gasteiger partial charge on any atom is 0.339 e.